The molecule has 0 saturated carbocycles. The average Bonchev–Trinajstić information content (AvgIpc) is 3.01. The second-order valence-corrected chi connectivity index (χ2v) is 5.35. The molecule has 1 aromatic heterocycles. The van der Waals surface area contributed by atoms with E-state index in [-0.39, 0.29) is 12.5 Å². The number of ether oxygens (including phenoxy) is 1. The van der Waals surface area contributed by atoms with Crippen molar-refractivity contribution < 1.29 is 19.2 Å². The number of nitrogens with zero attached hydrogens (tertiary/aromatic N) is 3. The van der Waals surface area contributed by atoms with Gasteiger partial charge in [-0.15, -0.1) is 5.10 Å². The molecule has 0 spiro atoms. The second-order valence-electron chi connectivity index (χ2n) is 5.35. The monoisotopic (exact) mass is 340 g/mol. The van der Waals surface area contributed by atoms with E-state index in [0.29, 0.717) is 22.3 Å². The maximum Gasteiger partial charge on any atom is 0.337 e. The first kappa shape index (κ1) is 16.4. The van der Waals surface area contributed by atoms with Crippen molar-refractivity contribution in [2.24, 2.45) is 0 Å². The summed E-state index contributed by atoms with van der Waals surface area (Å²) in [4.78, 5) is 30.1. The Bertz CT molecular complexity index is 935. The first-order valence-corrected chi connectivity index (χ1v) is 7.50. The van der Waals surface area contributed by atoms with E-state index in [4.69, 9.17) is 4.84 Å². The predicted octanol–water partition coefficient (Wildman–Crippen LogP) is 1.59. The highest BCUT2D eigenvalue weighted by Gasteiger charge is 2.12. The molecular weight excluding hydrogens is 324 g/mol. The van der Waals surface area contributed by atoms with Crippen molar-refractivity contribution in [2.45, 2.75) is 6.92 Å². The third-order valence-corrected chi connectivity index (χ3v) is 3.46. The maximum atomic E-state index is 12.0. The molecule has 1 N–H and O–H groups in total. The third kappa shape index (κ3) is 3.74. The molecule has 1 amide bonds. The Labute approximate surface area is 143 Å². The van der Waals surface area contributed by atoms with Crippen molar-refractivity contribution in [3.63, 3.8) is 0 Å². The van der Waals surface area contributed by atoms with Gasteiger partial charge in [-0.05, 0) is 48.0 Å². The number of benzene rings is 2. The molecular formula is C17H16N4O4. The number of amides is 1. The van der Waals surface area contributed by atoms with Crippen LogP contribution in [0.5, 0.6) is 0 Å². The van der Waals surface area contributed by atoms with E-state index >= 15 is 0 Å². The van der Waals surface area contributed by atoms with Crippen molar-refractivity contribution in [2.75, 3.05) is 19.0 Å². The van der Waals surface area contributed by atoms with E-state index in [1.165, 1.54) is 7.11 Å². The van der Waals surface area contributed by atoms with E-state index in [9.17, 15) is 9.59 Å². The number of hydrogen-bond acceptors (Lipinski definition) is 6. The molecule has 25 heavy (non-hydrogen) atoms. The Morgan fingerprint density at radius 3 is 2.80 bits per heavy atom. The summed E-state index contributed by atoms with van der Waals surface area (Å²) in [6, 6.07) is 12.2. The fraction of sp³-hybridized carbons (Fsp3) is 0.176. The van der Waals surface area contributed by atoms with Gasteiger partial charge in [0.2, 0.25) is 0 Å². The van der Waals surface area contributed by atoms with Gasteiger partial charge in [-0.25, -0.2) is 4.79 Å². The van der Waals surface area contributed by atoms with Crippen LogP contribution >= 0.6 is 0 Å². The largest absolute Gasteiger partial charge is 0.465 e. The lowest BCUT2D eigenvalue weighted by Crippen LogP contribution is -2.26. The summed E-state index contributed by atoms with van der Waals surface area (Å²) in [6.45, 7) is 1.68. The van der Waals surface area contributed by atoms with Gasteiger partial charge in [0.25, 0.3) is 5.91 Å². The van der Waals surface area contributed by atoms with Gasteiger partial charge in [0.1, 0.15) is 11.0 Å². The fourth-order valence-electron chi connectivity index (χ4n) is 2.28. The van der Waals surface area contributed by atoms with Crippen LogP contribution in [0.4, 0.5) is 5.69 Å². The number of aromatic nitrogens is 3. The maximum absolute atomic E-state index is 12.0. The molecule has 0 fully saturated rings. The van der Waals surface area contributed by atoms with E-state index in [0.717, 1.165) is 10.4 Å². The van der Waals surface area contributed by atoms with Gasteiger partial charge < -0.3 is 14.9 Å². The number of carbonyl (C=O) groups excluding carboxylic acids is 2. The SMILES string of the molecule is COC(=O)c1ccc2nnn(OCC(=O)Nc3cccc(C)c3)c2c1. The summed E-state index contributed by atoms with van der Waals surface area (Å²) in [6.07, 6.45) is 0. The van der Waals surface area contributed by atoms with E-state index in [2.05, 4.69) is 20.4 Å². The first-order chi connectivity index (χ1) is 12.1. The number of carbonyl (C=O) groups is 2. The molecule has 3 rings (SSSR count). The van der Waals surface area contributed by atoms with E-state index in [1.807, 2.05) is 25.1 Å². The Balaban J connectivity index is 1.70. The molecule has 2 aromatic carbocycles. The van der Waals surface area contributed by atoms with Gasteiger partial charge in [0, 0.05) is 5.69 Å². The van der Waals surface area contributed by atoms with Gasteiger partial charge in [0.05, 0.1) is 12.7 Å². The first-order valence-electron chi connectivity index (χ1n) is 7.50. The highest BCUT2D eigenvalue weighted by molar-refractivity contribution is 5.93. The topological polar surface area (TPSA) is 95.3 Å². The van der Waals surface area contributed by atoms with Crippen LogP contribution in [0.2, 0.25) is 0 Å². The minimum Gasteiger partial charge on any atom is -0.465 e. The zero-order chi connectivity index (χ0) is 17.8. The van der Waals surface area contributed by atoms with Crippen LogP contribution in [0.25, 0.3) is 11.0 Å². The van der Waals surface area contributed by atoms with Crippen LogP contribution < -0.4 is 10.2 Å². The van der Waals surface area contributed by atoms with Crippen molar-refractivity contribution >= 4 is 28.6 Å². The van der Waals surface area contributed by atoms with Crippen molar-refractivity contribution in [1.82, 2.24) is 15.2 Å². The normalized spacial score (nSPS) is 10.5. The number of aryl methyl sites for hydroxylation is 1. The van der Waals surface area contributed by atoms with E-state index < -0.39 is 5.97 Å². The summed E-state index contributed by atoms with van der Waals surface area (Å²) in [5.41, 5.74) is 3.06. The molecule has 128 valence electrons. The van der Waals surface area contributed by atoms with Gasteiger partial charge in [-0.2, -0.15) is 0 Å². The Kier molecular flexibility index (Phi) is 4.60. The number of fused-ring (bicyclic) bond motifs is 1. The second kappa shape index (κ2) is 7.00. The number of methoxy groups -OCH3 is 1. The zero-order valence-electron chi connectivity index (χ0n) is 13.7. The number of anilines is 1. The van der Waals surface area contributed by atoms with Crippen LogP contribution in [0.15, 0.2) is 42.5 Å². The lowest BCUT2D eigenvalue weighted by atomic mass is 10.2. The number of hydrogen-bond donors (Lipinski definition) is 1. The molecule has 1 heterocycles. The molecule has 8 heteroatoms. The fourth-order valence-corrected chi connectivity index (χ4v) is 2.28. The summed E-state index contributed by atoms with van der Waals surface area (Å²) in [5, 5.41) is 10.5. The van der Waals surface area contributed by atoms with Crippen LogP contribution in [-0.4, -0.2) is 40.8 Å². The quantitative estimate of drug-likeness (QED) is 0.709. The molecule has 0 aliphatic rings. The van der Waals surface area contributed by atoms with Crippen LogP contribution in [0.3, 0.4) is 0 Å². The number of esters is 1. The molecule has 0 aliphatic carbocycles. The number of rotatable bonds is 5. The highest BCUT2D eigenvalue weighted by atomic mass is 16.7. The predicted molar refractivity (Wildman–Crippen MR) is 90.1 cm³/mol. The average molecular weight is 340 g/mol. The lowest BCUT2D eigenvalue weighted by molar-refractivity contribution is -0.121. The Morgan fingerprint density at radius 1 is 1.20 bits per heavy atom. The molecule has 8 nitrogen and oxygen atoms in total. The van der Waals surface area contributed by atoms with Crippen molar-refractivity contribution in [3.8, 4) is 0 Å². The minimum absolute atomic E-state index is 0.255. The van der Waals surface area contributed by atoms with Crippen LogP contribution in [0, 0.1) is 6.92 Å². The zero-order valence-corrected chi connectivity index (χ0v) is 13.7. The number of nitrogens with one attached hydrogen (secondary N) is 1. The summed E-state index contributed by atoms with van der Waals surface area (Å²) in [7, 11) is 1.30. The smallest absolute Gasteiger partial charge is 0.337 e. The van der Waals surface area contributed by atoms with Crippen molar-refractivity contribution in [1.29, 1.82) is 0 Å². The van der Waals surface area contributed by atoms with Gasteiger partial charge in [0.15, 0.2) is 6.61 Å². The molecule has 0 unspecified atom stereocenters. The Morgan fingerprint density at radius 2 is 2.04 bits per heavy atom. The molecule has 0 aliphatic heterocycles. The summed E-state index contributed by atoms with van der Waals surface area (Å²) < 4.78 is 4.68. The van der Waals surface area contributed by atoms with Gasteiger partial charge in [-0.3, -0.25) is 4.79 Å². The molecule has 0 radical (unpaired) electrons. The van der Waals surface area contributed by atoms with Crippen molar-refractivity contribution in [3.05, 3.63) is 53.6 Å². The summed E-state index contributed by atoms with van der Waals surface area (Å²) >= 11 is 0. The minimum atomic E-state index is -0.480. The standard InChI is InChI=1S/C17H16N4O4/c1-11-4-3-5-13(8-11)18-16(22)10-25-21-15-9-12(17(23)24-2)6-7-14(15)19-20-21/h3-9H,10H2,1-2H3,(H,18,22). The molecule has 0 atom stereocenters. The third-order valence-electron chi connectivity index (χ3n) is 3.46. The van der Waals surface area contributed by atoms with E-state index in [1.54, 1.807) is 24.3 Å². The Hall–Kier alpha value is -3.42. The van der Waals surface area contributed by atoms with Gasteiger partial charge >= 0.3 is 5.97 Å². The van der Waals surface area contributed by atoms with Crippen LogP contribution in [0.1, 0.15) is 15.9 Å². The van der Waals surface area contributed by atoms with Gasteiger partial charge in [-0.1, -0.05) is 17.0 Å². The molecule has 0 bridgehead atoms. The highest BCUT2D eigenvalue weighted by Crippen LogP contribution is 2.14. The summed E-state index contributed by atoms with van der Waals surface area (Å²) in [5.74, 6) is -0.815. The molecule has 3 aromatic rings. The van der Waals surface area contributed by atoms with Crippen LogP contribution in [-0.2, 0) is 9.53 Å². The lowest BCUT2D eigenvalue weighted by Gasteiger charge is -2.07. The molecule has 0 saturated heterocycles.